The molecule has 0 radical (unpaired) electrons. The second-order valence-electron chi connectivity index (χ2n) is 5.94. The Bertz CT molecular complexity index is 594. The number of aryl methyl sites for hydroxylation is 1. The topological polar surface area (TPSA) is 55.0 Å². The fourth-order valence-electron chi connectivity index (χ4n) is 1.97. The minimum Gasteiger partial charge on any atom is -0.465 e. The molecular formula is C15H20N2O2. The van der Waals surface area contributed by atoms with Crippen LogP contribution in [0, 0.1) is 5.41 Å². The van der Waals surface area contributed by atoms with Crippen LogP contribution in [-0.4, -0.2) is 23.0 Å². The number of fused-ring (bicyclic) bond motifs is 1. The van der Waals surface area contributed by atoms with Crippen molar-refractivity contribution in [2.75, 3.05) is 7.11 Å². The van der Waals surface area contributed by atoms with Crippen LogP contribution in [0.2, 0.25) is 0 Å². The molecule has 19 heavy (non-hydrogen) atoms. The summed E-state index contributed by atoms with van der Waals surface area (Å²) < 4.78 is 4.78. The van der Waals surface area contributed by atoms with Gasteiger partial charge in [-0.15, -0.1) is 0 Å². The molecule has 0 atom stereocenters. The molecule has 0 aliphatic rings. The number of H-pyrrole nitrogens is 1. The Kier molecular flexibility index (Phi) is 3.60. The molecule has 4 heteroatoms. The number of carbonyl (C=O) groups is 1. The predicted octanol–water partition coefficient (Wildman–Crippen LogP) is 3.33. The SMILES string of the molecule is COC(=O)c1cccc2[nH]c(CCC(C)(C)C)nc12. The van der Waals surface area contributed by atoms with E-state index in [2.05, 4.69) is 30.7 Å². The number of methoxy groups -OCH3 is 1. The number of imidazole rings is 1. The summed E-state index contributed by atoms with van der Waals surface area (Å²) in [5.74, 6) is 0.570. The number of esters is 1. The quantitative estimate of drug-likeness (QED) is 0.861. The van der Waals surface area contributed by atoms with Gasteiger partial charge in [0.05, 0.1) is 18.2 Å². The third-order valence-corrected chi connectivity index (χ3v) is 3.08. The zero-order chi connectivity index (χ0) is 14.0. The van der Waals surface area contributed by atoms with E-state index in [1.807, 2.05) is 12.1 Å². The molecule has 0 aliphatic carbocycles. The Balaban J connectivity index is 2.32. The number of aromatic amines is 1. The minimum atomic E-state index is -0.348. The van der Waals surface area contributed by atoms with Crippen molar-refractivity contribution >= 4 is 17.0 Å². The molecule has 0 fully saturated rings. The normalized spacial score (nSPS) is 11.8. The molecule has 2 rings (SSSR count). The van der Waals surface area contributed by atoms with Gasteiger partial charge in [0, 0.05) is 6.42 Å². The molecule has 0 aliphatic heterocycles. The Morgan fingerprint density at radius 3 is 2.74 bits per heavy atom. The standard InChI is InChI=1S/C15H20N2O2/c1-15(2,3)9-8-12-16-11-7-5-6-10(13(11)17-12)14(18)19-4/h5-7H,8-9H2,1-4H3,(H,16,17). The Morgan fingerprint density at radius 2 is 2.11 bits per heavy atom. The number of nitrogens with one attached hydrogen (secondary N) is 1. The van der Waals surface area contributed by atoms with Crippen molar-refractivity contribution in [3.05, 3.63) is 29.6 Å². The third-order valence-electron chi connectivity index (χ3n) is 3.08. The van der Waals surface area contributed by atoms with E-state index in [1.54, 1.807) is 6.07 Å². The average Bonchev–Trinajstić information content (AvgIpc) is 2.77. The minimum absolute atomic E-state index is 0.268. The summed E-state index contributed by atoms with van der Waals surface area (Å²) in [6.07, 6.45) is 1.92. The van der Waals surface area contributed by atoms with Crippen molar-refractivity contribution in [2.24, 2.45) is 5.41 Å². The lowest BCUT2D eigenvalue weighted by Gasteiger charge is -2.16. The van der Waals surface area contributed by atoms with Crippen molar-refractivity contribution in [2.45, 2.75) is 33.6 Å². The smallest absolute Gasteiger partial charge is 0.340 e. The van der Waals surface area contributed by atoms with E-state index < -0.39 is 0 Å². The molecule has 1 aromatic heterocycles. The Labute approximate surface area is 113 Å². The molecule has 0 saturated heterocycles. The number of carbonyl (C=O) groups excluding carboxylic acids is 1. The Morgan fingerprint density at radius 1 is 1.37 bits per heavy atom. The summed E-state index contributed by atoms with van der Waals surface area (Å²) in [5.41, 5.74) is 2.35. The zero-order valence-electron chi connectivity index (χ0n) is 11.9. The first-order valence-electron chi connectivity index (χ1n) is 6.46. The van der Waals surface area contributed by atoms with Gasteiger partial charge in [-0.2, -0.15) is 0 Å². The molecule has 0 unspecified atom stereocenters. The lowest BCUT2D eigenvalue weighted by Crippen LogP contribution is -2.07. The molecule has 0 amide bonds. The van der Waals surface area contributed by atoms with Crippen molar-refractivity contribution in [1.29, 1.82) is 0 Å². The first kappa shape index (κ1) is 13.6. The van der Waals surface area contributed by atoms with Gasteiger partial charge in [0.2, 0.25) is 0 Å². The van der Waals surface area contributed by atoms with Crippen molar-refractivity contribution in [3.8, 4) is 0 Å². The van der Waals surface area contributed by atoms with Crippen molar-refractivity contribution in [3.63, 3.8) is 0 Å². The highest BCUT2D eigenvalue weighted by molar-refractivity contribution is 6.01. The molecule has 4 nitrogen and oxygen atoms in total. The van der Waals surface area contributed by atoms with Crippen LogP contribution in [0.5, 0.6) is 0 Å². The number of ether oxygens (including phenoxy) is 1. The third kappa shape index (κ3) is 3.13. The summed E-state index contributed by atoms with van der Waals surface area (Å²) in [4.78, 5) is 19.5. The number of rotatable bonds is 3. The van der Waals surface area contributed by atoms with Gasteiger partial charge in [-0.25, -0.2) is 9.78 Å². The van der Waals surface area contributed by atoms with Crippen LogP contribution >= 0.6 is 0 Å². The van der Waals surface area contributed by atoms with E-state index in [9.17, 15) is 4.79 Å². The van der Waals surface area contributed by atoms with Gasteiger partial charge in [0.15, 0.2) is 0 Å². The van der Waals surface area contributed by atoms with E-state index in [0.717, 1.165) is 24.2 Å². The highest BCUT2D eigenvalue weighted by Gasteiger charge is 2.15. The first-order chi connectivity index (χ1) is 8.90. The number of nitrogens with zero attached hydrogens (tertiary/aromatic N) is 1. The maximum Gasteiger partial charge on any atom is 0.340 e. The van der Waals surface area contributed by atoms with Crippen molar-refractivity contribution in [1.82, 2.24) is 9.97 Å². The molecule has 0 spiro atoms. The van der Waals surface area contributed by atoms with Gasteiger partial charge in [-0.1, -0.05) is 26.8 Å². The maximum absolute atomic E-state index is 11.7. The molecule has 1 heterocycles. The summed E-state index contributed by atoms with van der Waals surface area (Å²) in [6.45, 7) is 6.61. The van der Waals surface area contributed by atoms with Gasteiger partial charge in [0.1, 0.15) is 11.3 Å². The highest BCUT2D eigenvalue weighted by Crippen LogP contribution is 2.23. The van der Waals surface area contributed by atoms with E-state index in [-0.39, 0.29) is 11.4 Å². The van der Waals surface area contributed by atoms with Gasteiger partial charge < -0.3 is 9.72 Å². The van der Waals surface area contributed by atoms with E-state index in [0.29, 0.717) is 11.1 Å². The number of hydrogen-bond acceptors (Lipinski definition) is 3. The first-order valence-corrected chi connectivity index (χ1v) is 6.46. The number of hydrogen-bond donors (Lipinski definition) is 1. The monoisotopic (exact) mass is 260 g/mol. The zero-order valence-corrected chi connectivity index (χ0v) is 11.9. The van der Waals surface area contributed by atoms with E-state index >= 15 is 0 Å². The fourth-order valence-corrected chi connectivity index (χ4v) is 1.97. The van der Waals surface area contributed by atoms with Crippen LogP contribution < -0.4 is 0 Å². The summed E-state index contributed by atoms with van der Waals surface area (Å²) >= 11 is 0. The number of aromatic nitrogens is 2. The second-order valence-corrected chi connectivity index (χ2v) is 5.94. The van der Waals surface area contributed by atoms with Gasteiger partial charge in [0.25, 0.3) is 0 Å². The molecule has 0 bridgehead atoms. The average molecular weight is 260 g/mol. The van der Waals surface area contributed by atoms with Crippen LogP contribution in [0.3, 0.4) is 0 Å². The van der Waals surface area contributed by atoms with Gasteiger partial charge >= 0.3 is 5.97 Å². The van der Waals surface area contributed by atoms with Gasteiger partial charge in [-0.3, -0.25) is 0 Å². The maximum atomic E-state index is 11.7. The van der Waals surface area contributed by atoms with Crippen molar-refractivity contribution < 1.29 is 9.53 Å². The second kappa shape index (κ2) is 5.03. The number of para-hydroxylation sites is 1. The van der Waals surface area contributed by atoms with Gasteiger partial charge in [-0.05, 0) is 24.0 Å². The number of benzene rings is 1. The molecule has 1 aromatic carbocycles. The molecular weight excluding hydrogens is 240 g/mol. The van der Waals surface area contributed by atoms with Crippen LogP contribution in [0.4, 0.5) is 0 Å². The van der Waals surface area contributed by atoms with Crippen LogP contribution in [0.25, 0.3) is 11.0 Å². The summed E-state index contributed by atoms with van der Waals surface area (Å²) in [6, 6.07) is 5.50. The molecule has 2 aromatic rings. The summed E-state index contributed by atoms with van der Waals surface area (Å²) in [7, 11) is 1.38. The van der Waals surface area contributed by atoms with E-state index in [4.69, 9.17) is 4.74 Å². The largest absolute Gasteiger partial charge is 0.465 e. The van der Waals surface area contributed by atoms with Crippen LogP contribution in [-0.2, 0) is 11.2 Å². The molecule has 1 N–H and O–H groups in total. The fraction of sp³-hybridized carbons (Fsp3) is 0.467. The molecule has 0 saturated carbocycles. The lowest BCUT2D eigenvalue weighted by atomic mass is 9.90. The highest BCUT2D eigenvalue weighted by atomic mass is 16.5. The predicted molar refractivity (Wildman–Crippen MR) is 75.2 cm³/mol. The van der Waals surface area contributed by atoms with Crippen LogP contribution in [0.15, 0.2) is 18.2 Å². The Hall–Kier alpha value is -1.84. The van der Waals surface area contributed by atoms with E-state index in [1.165, 1.54) is 7.11 Å². The summed E-state index contributed by atoms with van der Waals surface area (Å²) in [5, 5.41) is 0. The molecule has 102 valence electrons. The van der Waals surface area contributed by atoms with Crippen LogP contribution in [0.1, 0.15) is 43.4 Å². The lowest BCUT2D eigenvalue weighted by molar-refractivity contribution is 0.0603.